The first kappa shape index (κ1) is 16.8. The van der Waals surface area contributed by atoms with Crippen LogP contribution in [0.2, 0.25) is 5.02 Å². The van der Waals surface area contributed by atoms with Crippen LogP contribution in [0, 0.1) is 13.8 Å². The van der Waals surface area contributed by atoms with Crippen molar-refractivity contribution in [2.45, 2.75) is 13.8 Å². The van der Waals surface area contributed by atoms with E-state index < -0.39 is 5.97 Å². The highest BCUT2D eigenvalue weighted by molar-refractivity contribution is 6.32. The molecule has 120 valence electrons. The van der Waals surface area contributed by atoms with Gasteiger partial charge in [0.1, 0.15) is 5.75 Å². The smallest absolute Gasteiger partial charge is 0.335 e. The molecule has 6 heteroatoms. The van der Waals surface area contributed by atoms with Crippen molar-refractivity contribution in [2.75, 3.05) is 11.9 Å². The molecule has 1 amide bonds. The Kier molecular flexibility index (Phi) is 5.24. The monoisotopic (exact) mass is 333 g/mol. The van der Waals surface area contributed by atoms with Crippen LogP contribution in [0.1, 0.15) is 21.5 Å². The van der Waals surface area contributed by atoms with Crippen molar-refractivity contribution >= 4 is 29.2 Å². The molecular weight excluding hydrogens is 318 g/mol. The van der Waals surface area contributed by atoms with Gasteiger partial charge in [-0.15, -0.1) is 0 Å². The van der Waals surface area contributed by atoms with Crippen LogP contribution < -0.4 is 10.1 Å². The largest absolute Gasteiger partial charge is 0.482 e. The summed E-state index contributed by atoms with van der Waals surface area (Å²) >= 11 is 5.94. The van der Waals surface area contributed by atoms with E-state index in [2.05, 4.69) is 5.32 Å². The van der Waals surface area contributed by atoms with Gasteiger partial charge in [-0.3, -0.25) is 4.79 Å². The third-order valence-electron chi connectivity index (χ3n) is 3.33. The first-order valence-electron chi connectivity index (χ1n) is 6.89. The van der Waals surface area contributed by atoms with Crippen molar-refractivity contribution in [2.24, 2.45) is 0 Å². The Hall–Kier alpha value is -2.53. The highest BCUT2D eigenvalue weighted by Gasteiger charge is 2.10. The first-order valence-corrected chi connectivity index (χ1v) is 7.27. The molecule has 0 aliphatic rings. The number of carbonyl (C=O) groups is 2. The number of anilines is 1. The number of nitrogens with one attached hydrogen (secondary N) is 1. The zero-order valence-electron chi connectivity index (χ0n) is 12.7. The number of amides is 1. The second-order valence-corrected chi connectivity index (χ2v) is 5.49. The number of carboxylic acids is 1. The number of ether oxygens (including phenoxy) is 1. The number of aromatic carboxylic acids is 1. The molecule has 2 rings (SSSR count). The van der Waals surface area contributed by atoms with E-state index in [0.29, 0.717) is 5.69 Å². The Labute approximate surface area is 138 Å². The Balaban J connectivity index is 1.96. The number of aryl methyl sites for hydroxylation is 2. The molecule has 2 aromatic rings. The van der Waals surface area contributed by atoms with E-state index in [-0.39, 0.29) is 28.8 Å². The van der Waals surface area contributed by atoms with Gasteiger partial charge in [0.25, 0.3) is 5.91 Å². The molecule has 0 fully saturated rings. The van der Waals surface area contributed by atoms with Gasteiger partial charge in [0.05, 0.1) is 10.6 Å². The van der Waals surface area contributed by atoms with Crippen molar-refractivity contribution < 1.29 is 19.4 Å². The van der Waals surface area contributed by atoms with Crippen LogP contribution in [0.4, 0.5) is 5.69 Å². The fourth-order valence-corrected chi connectivity index (χ4v) is 2.15. The molecule has 0 aliphatic heterocycles. The fraction of sp³-hybridized carbons (Fsp3) is 0.176. The highest BCUT2D eigenvalue weighted by Crippen LogP contribution is 2.25. The number of benzene rings is 2. The number of hydrogen-bond acceptors (Lipinski definition) is 3. The molecule has 23 heavy (non-hydrogen) atoms. The lowest BCUT2D eigenvalue weighted by atomic mass is 10.1. The van der Waals surface area contributed by atoms with Crippen molar-refractivity contribution in [3.05, 3.63) is 58.1 Å². The molecule has 2 N–H and O–H groups in total. The van der Waals surface area contributed by atoms with Gasteiger partial charge in [-0.05, 0) is 55.3 Å². The zero-order valence-corrected chi connectivity index (χ0v) is 13.5. The molecule has 0 unspecified atom stereocenters. The highest BCUT2D eigenvalue weighted by atomic mass is 35.5. The quantitative estimate of drug-likeness (QED) is 0.875. The van der Waals surface area contributed by atoms with Gasteiger partial charge >= 0.3 is 5.97 Å². The number of hydrogen-bond donors (Lipinski definition) is 2. The predicted molar refractivity (Wildman–Crippen MR) is 88.5 cm³/mol. The molecule has 0 spiro atoms. The average Bonchev–Trinajstić information content (AvgIpc) is 2.49. The van der Waals surface area contributed by atoms with Gasteiger partial charge in [-0.2, -0.15) is 0 Å². The Bertz CT molecular complexity index is 758. The van der Waals surface area contributed by atoms with Crippen LogP contribution in [0.5, 0.6) is 5.75 Å². The van der Waals surface area contributed by atoms with E-state index in [1.165, 1.54) is 18.2 Å². The van der Waals surface area contributed by atoms with Gasteiger partial charge in [-0.1, -0.05) is 17.7 Å². The molecule has 0 radical (unpaired) electrons. The molecule has 0 heterocycles. The Morgan fingerprint density at radius 1 is 1.13 bits per heavy atom. The van der Waals surface area contributed by atoms with E-state index in [0.717, 1.165) is 11.1 Å². The summed E-state index contributed by atoms with van der Waals surface area (Å²) in [4.78, 5) is 22.7. The summed E-state index contributed by atoms with van der Waals surface area (Å²) in [5.74, 6) is -1.15. The number of halogens is 1. The van der Waals surface area contributed by atoms with Crippen LogP contribution in [0.3, 0.4) is 0 Å². The molecule has 0 aliphatic carbocycles. The molecule has 2 aromatic carbocycles. The van der Waals surface area contributed by atoms with E-state index in [4.69, 9.17) is 21.4 Å². The number of carbonyl (C=O) groups excluding carboxylic acids is 1. The molecule has 0 atom stereocenters. The maximum Gasteiger partial charge on any atom is 0.335 e. The maximum absolute atomic E-state index is 11.9. The van der Waals surface area contributed by atoms with Crippen molar-refractivity contribution in [3.8, 4) is 5.75 Å². The summed E-state index contributed by atoms with van der Waals surface area (Å²) in [5, 5.41) is 11.7. The average molecular weight is 334 g/mol. The minimum absolute atomic E-state index is 0.0573. The van der Waals surface area contributed by atoms with Crippen molar-refractivity contribution in [3.63, 3.8) is 0 Å². The summed E-state index contributed by atoms with van der Waals surface area (Å²) in [6.07, 6.45) is 0. The molecule has 0 saturated heterocycles. The molecule has 0 bridgehead atoms. The standard InChI is InChI=1S/C17H16ClNO4/c1-10-3-5-13(7-11(10)2)19-16(20)9-23-15-6-4-12(17(21)22)8-14(15)18/h3-8H,9H2,1-2H3,(H,19,20)(H,21,22). The topological polar surface area (TPSA) is 75.6 Å². The zero-order chi connectivity index (χ0) is 17.0. The van der Waals surface area contributed by atoms with Crippen LogP contribution >= 0.6 is 11.6 Å². The van der Waals surface area contributed by atoms with Gasteiger partial charge in [0.15, 0.2) is 6.61 Å². The van der Waals surface area contributed by atoms with E-state index in [9.17, 15) is 9.59 Å². The summed E-state index contributed by atoms with van der Waals surface area (Å²) in [7, 11) is 0. The van der Waals surface area contributed by atoms with Crippen LogP contribution in [-0.2, 0) is 4.79 Å². The third-order valence-corrected chi connectivity index (χ3v) is 3.62. The number of rotatable bonds is 5. The van der Waals surface area contributed by atoms with E-state index in [1.807, 2.05) is 32.0 Å². The predicted octanol–water partition coefficient (Wildman–Crippen LogP) is 3.67. The minimum Gasteiger partial charge on any atom is -0.482 e. The van der Waals surface area contributed by atoms with Gasteiger partial charge in [-0.25, -0.2) is 4.79 Å². The summed E-state index contributed by atoms with van der Waals surface area (Å²) in [6.45, 7) is 3.73. The second kappa shape index (κ2) is 7.15. The first-order chi connectivity index (χ1) is 10.9. The lowest BCUT2D eigenvalue weighted by Gasteiger charge is -2.10. The third kappa shape index (κ3) is 4.47. The summed E-state index contributed by atoms with van der Waals surface area (Å²) in [5.41, 5.74) is 2.97. The van der Waals surface area contributed by atoms with Gasteiger partial charge in [0.2, 0.25) is 0 Å². The Morgan fingerprint density at radius 3 is 2.48 bits per heavy atom. The molecule has 0 aromatic heterocycles. The normalized spacial score (nSPS) is 10.2. The SMILES string of the molecule is Cc1ccc(NC(=O)COc2ccc(C(=O)O)cc2Cl)cc1C. The lowest BCUT2D eigenvalue weighted by Crippen LogP contribution is -2.20. The van der Waals surface area contributed by atoms with Crippen molar-refractivity contribution in [1.82, 2.24) is 0 Å². The van der Waals surface area contributed by atoms with Crippen LogP contribution in [0.25, 0.3) is 0 Å². The van der Waals surface area contributed by atoms with Crippen molar-refractivity contribution in [1.29, 1.82) is 0 Å². The maximum atomic E-state index is 11.9. The van der Waals surface area contributed by atoms with Gasteiger partial charge < -0.3 is 15.2 Å². The molecule has 0 saturated carbocycles. The minimum atomic E-state index is -1.08. The van der Waals surface area contributed by atoms with Crippen LogP contribution in [0.15, 0.2) is 36.4 Å². The number of carboxylic acid groups (broad SMARTS) is 1. The fourth-order valence-electron chi connectivity index (χ4n) is 1.91. The second-order valence-electron chi connectivity index (χ2n) is 5.09. The summed E-state index contributed by atoms with van der Waals surface area (Å²) < 4.78 is 5.32. The molecular formula is C17H16ClNO4. The Morgan fingerprint density at radius 2 is 1.87 bits per heavy atom. The lowest BCUT2D eigenvalue weighted by molar-refractivity contribution is -0.118. The van der Waals surface area contributed by atoms with E-state index in [1.54, 1.807) is 0 Å². The molecule has 5 nitrogen and oxygen atoms in total. The summed E-state index contributed by atoms with van der Waals surface area (Å²) in [6, 6.07) is 9.68. The van der Waals surface area contributed by atoms with E-state index >= 15 is 0 Å². The van der Waals surface area contributed by atoms with Gasteiger partial charge in [0, 0.05) is 5.69 Å². The van der Waals surface area contributed by atoms with Crippen LogP contribution in [-0.4, -0.2) is 23.6 Å².